The van der Waals surface area contributed by atoms with Crippen molar-refractivity contribution in [2.75, 3.05) is 58.3 Å². The van der Waals surface area contributed by atoms with Crippen LogP contribution in [0.3, 0.4) is 0 Å². The third kappa shape index (κ3) is 6.87. The van der Waals surface area contributed by atoms with E-state index in [0.717, 1.165) is 12.8 Å². The third-order valence-corrected chi connectivity index (χ3v) is 8.05. The van der Waals surface area contributed by atoms with Gasteiger partial charge < -0.3 is 29.0 Å². The van der Waals surface area contributed by atoms with Crippen LogP contribution in [0.15, 0.2) is 24.4 Å². The molecular weight excluding hydrogens is 528 g/mol. The minimum Gasteiger partial charge on any atom is -0.487 e. The van der Waals surface area contributed by atoms with Gasteiger partial charge in [0.2, 0.25) is 21.9 Å². The number of hydrogen-bond donors (Lipinski definition) is 2. The van der Waals surface area contributed by atoms with E-state index in [1.165, 1.54) is 10.6 Å². The van der Waals surface area contributed by atoms with E-state index >= 15 is 0 Å². The molecule has 2 atom stereocenters. The van der Waals surface area contributed by atoms with Crippen LogP contribution in [-0.2, 0) is 19.5 Å². The summed E-state index contributed by atoms with van der Waals surface area (Å²) in [6.07, 6.45) is 5.77. The standard InChI is InChI=1S/C25H34N6O7S/c1-31(39(2,32)33)19-5-3-4-6-20(19)38-24-18-16-26-30-23(18)28-25(29-24)27-17-7-8-21-22(15-17)37-14-12-35-10-9-34-11-13-36-21/h7-8,15-16,19-20H,3-6,9-14H2,1-2H3,(H2,26,27,28,29,30)/t19-,20-/m1/s1. The molecule has 3 heterocycles. The van der Waals surface area contributed by atoms with E-state index < -0.39 is 10.0 Å². The van der Waals surface area contributed by atoms with Crippen LogP contribution in [0.2, 0.25) is 0 Å². The van der Waals surface area contributed by atoms with Gasteiger partial charge >= 0.3 is 0 Å². The molecule has 2 aromatic heterocycles. The average molecular weight is 563 g/mol. The number of hydrogen-bond acceptors (Lipinski definition) is 11. The van der Waals surface area contributed by atoms with Gasteiger partial charge in [0.05, 0.1) is 44.9 Å². The summed E-state index contributed by atoms with van der Waals surface area (Å²) >= 11 is 0. The Kier molecular flexibility index (Phi) is 8.65. The number of benzene rings is 1. The van der Waals surface area contributed by atoms with Crippen molar-refractivity contribution in [3.63, 3.8) is 0 Å². The van der Waals surface area contributed by atoms with Crippen LogP contribution in [0.25, 0.3) is 11.0 Å². The first-order valence-electron chi connectivity index (χ1n) is 13.0. The van der Waals surface area contributed by atoms with Crippen LogP contribution in [-0.4, -0.2) is 98.0 Å². The molecule has 3 aromatic rings. The second kappa shape index (κ2) is 12.3. The first-order chi connectivity index (χ1) is 18.9. The Bertz CT molecular complexity index is 1370. The van der Waals surface area contributed by atoms with Crippen molar-refractivity contribution in [3.05, 3.63) is 24.4 Å². The highest BCUT2D eigenvalue weighted by Gasteiger charge is 2.34. The minimum atomic E-state index is -3.38. The van der Waals surface area contributed by atoms with E-state index in [1.807, 2.05) is 12.1 Å². The van der Waals surface area contributed by atoms with E-state index in [1.54, 1.807) is 19.3 Å². The zero-order valence-electron chi connectivity index (χ0n) is 22.1. The van der Waals surface area contributed by atoms with Crippen molar-refractivity contribution in [1.29, 1.82) is 0 Å². The number of H-pyrrole nitrogens is 1. The summed E-state index contributed by atoms with van der Waals surface area (Å²) in [5, 5.41) is 10.8. The number of likely N-dealkylation sites (N-methyl/N-ethyl adjacent to an activating group) is 1. The Morgan fingerprint density at radius 2 is 1.72 bits per heavy atom. The lowest BCUT2D eigenvalue weighted by atomic mass is 9.92. The predicted molar refractivity (Wildman–Crippen MR) is 143 cm³/mol. The zero-order valence-corrected chi connectivity index (χ0v) is 22.9. The number of nitrogens with zero attached hydrogens (tertiary/aromatic N) is 4. The summed E-state index contributed by atoms with van der Waals surface area (Å²) in [5.74, 6) is 1.77. The van der Waals surface area contributed by atoms with Crippen LogP contribution in [0.4, 0.5) is 11.6 Å². The van der Waals surface area contributed by atoms with Gasteiger partial charge in [0.25, 0.3) is 0 Å². The molecule has 0 bridgehead atoms. The van der Waals surface area contributed by atoms with Gasteiger partial charge in [-0.1, -0.05) is 6.42 Å². The van der Waals surface area contributed by atoms with Gasteiger partial charge in [0, 0.05) is 18.8 Å². The fraction of sp³-hybridized carbons (Fsp3) is 0.560. The molecule has 2 aliphatic rings. The van der Waals surface area contributed by atoms with Crippen LogP contribution in [0.5, 0.6) is 17.4 Å². The molecule has 212 valence electrons. The summed E-state index contributed by atoms with van der Waals surface area (Å²) in [6.45, 7) is 2.64. The van der Waals surface area contributed by atoms with E-state index in [2.05, 4.69) is 25.5 Å². The lowest BCUT2D eigenvalue weighted by Crippen LogP contribution is -2.48. The maximum Gasteiger partial charge on any atom is 0.232 e. The van der Waals surface area contributed by atoms with E-state index in [4.69, 9.17) is 23.7 Å². The zero-order chi connectivity index (χ0) is 27.2. The van der Waals surface area contributed by atoms with E-state index in [9.17, 15) is 8.42 Å². The summed E-state index contributed by atoms with van der Waals surface area (Å²) in [6, 6.07) is 5.17. The van der Waals surface area contributed by atoms with Gasteiger partial charge in [-0.25, -0.2) is 8.42 Å². The average Bonchev–Trinajstić information content (AvgIpc) is 3.38. The summed E-state index contributed by atoms with van der Waals surface area (Å²) in [4.78, 5) is 9.17. The molecule has 2 N–H and O–H groups in total. The van der Waals surface area contributed by atoms with Crippen molar-refractivity contribution >= 4 is 32.7 Å². The Morgan fingerprint density at radius 3 is 2.49 bits per heavy atom. The van der Waals surface area contributed by atoms with Crippen LogP contribution in [0, 0.1) is 0 Å². The van der Waals surface area contributed by atoms with E-state index in [0.29, 0.717) is 86.6 Å². The molecule has 1 fully saturated rings. The van der Waals surface area contributed by atoms with Crippen molar-refractivity contribution in [3.8, 4) is 17.4 Å². The number of rotatable bonds is 6. The molecule has 0 saturated heterocycles. The van der Waals surface area contributed by atoms with Crippen molar-refractivity contribution in [2.45, 2.75) is 37.8 Å². The smallest absolute Gasteiger partial charge is 0.232 e. The van der Waals surface area contributed by atoms with Gasteiger partial charge in [0.15, 0.2) is 17.1 Å². The van der Waals surface area contributed by atoms with Crippen molar-refractivity contribution in [2.24, 2.45) is 0 Å². The lowest BCUT2D eigenvalue weighted by molar-refractivity contribution is 0.0223. The highest BCUT2D eigenvalue weighted by atomic mass is 32.2. The Morgan fingerprint density at radius 1 is 1.00 bits per heavy atom. The first-order valence-corrected chi connectivity index (χ1v) is 14.9. The normalized spacial score (nSPS) is 21.2. The first kappa shape index (κ1) is 27.4. The van der Waals surface area contributed by atoms with Gasteiger partial charge in [-0.2, -0.15) is 19.4 Å². The SMILES string of the molecule is CN([C@@H]1CCCC[C@H]1Oc1nc(Nc2ccc3c(c2)OCCOCCOCCO3)nc2[nH]ncc12)S(C)(=O)=O. The monoisotopic (exact) mass is 562 g/mol. The molecule has 0 amide bonds. The number of ether oxygens (including phenoxy) is 5. The maximum absolute atomic E-state index is 12.3. The summed E-state index contributed by atoms with van der Waals surface area (Å²) in [7, 11) is -1.78. The van der Waals surface area contributed by atoms with Gasteiger partial charge in [0.1, 0.15) is 24.7 Å². The lowest BCUT2D eigenvalue weighted by Gasteiger charge is -2.36. The maximum atomic E-state index is 12.3. The molecule has 39 heavy (non-hydrogen) atoms. The molecule has 5 rings (SSSR count). The topological polar surface area (TPSA) is 150 Å². The second-order valence-corrected chi connectivity index (χ2v) is 11.5. The Labute approximate surface area is 227 Å². The fourth-order valence-corrected chi connectivity index (χ4v) is 5.40. The van der Waals surface area contributed by atoms with Crippen LogP contribution >= 0.6 is 0 Å². The predicted octanol–water partition coefficient (Wildman–Crippen LogP) is 2.48. The molecule has 14 heteroatoms. The molecule has 0 spiro atoms. The molecule has 1 aromatic carbocycles. The van der Waals surface area contributed by atoms with Gasteiger partial charge in [-0.05, 0) is 31.4 Å². The fourth-order valence-electron chi connectivity index (χ4n) is 4.66. The second-order valence-electron chi connectivity index (χ2n) is 9.48. The highest BCUT2D eigenvalue weighted by Crippen LogP contribution is 2.34. The third-order valence-electron chi connectivity index (χ3n) is 6.74. The number of nitrogens with one attached hydrogen (secondary N) is 2. The molecule has 1 aliphatic carbocycles. The molecular formula is C25H34N6O7S. The molecule has 1 saturated carbocycles. The number of fused-ring (bicyclic) bond motifs is 2. The summed E-state index contributed by atoms with van der Waals surface area (Å²) < 4.78 is 55.0. The Balaban J connectivity index is 1.38. The largest absolute Gasteiger partial charge is 0.487 e. The van der Waals surface area contributed by atoms with Crippen LogP contribution in [0.1, 0.15) is 25.7 Å². The van der Waals surface area contributed by atoms with Gasteiger partial charge in [-0.3, -0.25) is 5.10 Å². The van der Waals surface area contributed by atoms with Crippen molar-refractivity contribution in [1.82, 2.24) is 24.5 Å². The van der Waals surface area contributed by atoms with Crippen molar-refractivity contribution < 1.29 is 32.1 Å². The number of aromatic nitrogens is 4. The number of anilines is 2. The quantitative estimate of drug-likeness (QED) is 0.456. The number of sulfonamides is 1. The molecule has 1 aliphatic heterocycles. The van der Waals surface area contributed by atoms with Crippen LogP contribution < -0.4 is 19.5 Å². The minimum absolute atomic E-state index is 0.288. The summed E-state index contributed by atoms with van der Waals surface area (Å²) in [5.41, 5.74) is 1.17. The molecule has 0 unspecified atom stereocenters. The van der Waals surface area contributed by atoms with E-state index in [-0.39, 0.29) is 18.1 Å². The molecule has 0 radical (unpaired) electrons. The van der Waals surface area contributed by atoms with Gasteiger partial charge in [-0.15, -0.1) is 0 Å². The number of aromatic amines is 1. The highest BCUT2D eigenvalue weighted by molar-refractivity contribution is 7.88. The Hall–Kier alpha value is -3.20. The molecule has 13 nitrogen and oxygen atoms in total.